The van der Waals surface area contributed by atoms with Crippen LogP contribution in [0.2, 0.25) is 0 Å². The van der Waals surface area contributed by atoms with Gasteiger partial charge in [0.2, 0.25) is 0 Å². The summed E-state index contributed by atoms with van der Waals surface area (Å²) in [5, 5.41) is 0.750. The van der Waals surface area contributed by atoms with Crippen LogP contribution in [-0.2, 0) is 19.4 Å². The monoisotopic (exact) mass is 470 g/mol. The Balaban J connectivity index is 1.16. The summed E-state index contributed by atoms with van der Waals surface area (Å²) in [6, 6.07) is 8.46. The van der Waals surface area contributed by atoms with Gasteiger partial charge in [0.15, 0.2) is 0 Å². The first kappa shape index (κ1) is 21.1. The van der Waals surface area contributed by atoms with Crippen LogP contribution in [0.3, 0.4) is 0 Å². The van der Waals surface area contributed by atoms with E-state index in [0.29, 0.717) is 9.71 Å². The largest absolute Gasteiger partial charge is 0.393 e. The highest BCUT2D eigenvalue weighted by atomic mass is 32.1. The Kier molecular flexibility index (Phi) is 4.99. The van der Waals surface area contributed by atoms with E-state index in [1.165, 1.54) is 23.0 Å². The van der Waals surface area contributed by atoms with Crippen molar-refractivity contribution in [2.45, 2.75) is 38.4 Å². The number of halogens is 3. The van der Waals surface area contributed by atoms with Gasteiger partial charge in [0.25, 0.3) is 0 Å². The molecule has 33 heavy (non-hydrogen) atoms. The number of benzene rings is 1. The molecule has 3 aromatic rings. The standard InChI is InChI=1S/C25H25F3N4S/c26-25(27,28)12-20-11-21-22(29-16-30-23(21)33-20)32-9-7-24(15-32)6-8-31(14-24)13-17-4-5-18-2-1-3-19(18)10-17/h1,3-5,10-11,16H,2,6-9,12-15H2. The first-order valence-corrected chi connectivity index (χ1v) is 12.2. The van der Waals surface area contributed by atoms with Gasteiger partial charge in [-0.2, -0.15) is 13.2 Å². The van der Waals surface area contributed by atoms with Crippen LogP contribution in [-0.4, -0.2) is 47.2 Å². The molecule has 2 fully saturated rings. The van der Waals surface area contributed by atoms with Crippen LogP contribution >= 0.6 is 11.3 Å². The van der Waals surface area contributed by atoms with Crippen molar-refractivity contribution in [3.8, 4) is 0 Å². The van der Waals surface area contributed by atoms with Gasteiger partial charge in [0.1, 0.15) is 17.0 Å². The van der Waals surface area contributed by atoms with Gasteiger partial charge in [-0.15, -0.1) is 11.3 Å². The van der Waals surface area contributed by atoms with Crippen molar-refractivity contribution >= 4 is 33.4 Å². The fourth-order valence-corrected chi connectivity index (χ4v) is 6.72. The maximum absolute atomic E-state index is 12.9. The van der Waals surface area contributed by atoms with Crippen LogP contribution in [0.1, 0.15) is 34.4 Å². The van der Waals surface area contributed by atoms with Crippen molar-refractivity contribution in [3.05, 3.63) is 58.2 Å². The molecule has 0 bridgehead atoms. The third kappa shape index (κ3) is 4.15. The Hall–Kier alpha value is -2.45. The first-order valence-electron chi connectivity index (χ1n) is 11.4. The molecule has 1 unspecified atom stereocenters. The number of hydrogen-bond donors (Lipinski definition) is 0. The van der Waals surface area contributed by atoms with Crippen molar-refractivity contribution in [2.75, 3.05) is 31.1 Å². The minimum Gasteiger partial charge on any atom is -0.355 e. The average molecular weight is 471 g/mol. The number of nitrogens with zero attached hydrogens (tertiary/aromatic N) is 4. The lowest BCUT2D eigenvalue weighted by Gasteiger charge is -2.25. The Morgan fingerprint density at radius 2 is 1.94 bits per heavy atom. The van der Waals surface area contributed by atoms with Gasteiger partial charge in [-0.1, -0.05) is 30.4 Å². The second-order valence-corrected chi connectivity index (χ2v) is 10.8. The lowest BCUT2D eigenvalue weighted by atomic mass is 9.86. The summed E-state index contributed by atoms with van der Waals surface area (Å²) in [5.74, 6) is 0.783. The molecule has 0 radical (unpaired) electrons. The van der Waals surface area contributed by atoms with Crippen molar-refractivity contribution in [1.82, 2.24) is 14.9 Å². The van der Waals surface area contributed by atoms with E-state index in [0.717, 1.165) is 74.5 Å². The number of aromatic nitrogens is 2. The van der Waals surface area contributed by atoms with Crippen molar-refractivity contribution < 1.29 is 13.2 Å². The quantitative estimate of drug-likeness (QED) is 0.506. The SMILES string of the molecule is FC(F)(F)Cc1cc2c(N3CCC4(CCN(Cc5ccc6c(c5)C=CC6)C4)C3)ncnc2s1. The minimum atomic E-state index is -4.21. The van der Waals surface area contributed by atoms with E-state index in [1.807, 2.05) is 0 Å². The second-order valence-electron chi connectivity index (χ2n) is 9.69. The molecule has 1 spiro atoms. The van der Waals surface area contributed by atoms with Gasteiger partial charge in [0, 0.05) is 36.5 Å². The fraction of sp³-hybridized carbons (Fsp3) is 0.440. The Morgan fingerprint density at radius 3 is 2.82 bits per heavy atom. The van der Waals surface area contributed by atoms with Crippen LogP contribution < -0.4 is 4.90 Å². The third-order valence-corrected chi connectivity index (χ3v) is 8.28. The molecule has 6 rings (SSSR count). The van der Waals surface area contributed by atoms with E-state index in [4.69, 9.17) is 0 Å². The fourth-order valence-electron chi connectivity index (χ4n) is 5.70. The maximum Gasteiger partial charge on any atom is 0.393 e. The lowest BCUT2D eigenvalue weighted by Crippen LogP contribution is -2.31. The Morgan fingerprint density at radius 1 is 1.06 bits per heavy atom. The summed E-state index contributed by atoms with van der Waals surface area (Å²) in [5.41, 5.74) is 4.34. The Labute approximate surface area is 194 Å². The van der Waals surface area contributed by atoms with Crippen LogP contribution in [0, 0.1) is 5.41 Å². The van der Waals surface area contributed by atoms with E-state index in [1.54, 1.807) is 6.07 Å². The molecule has 172 valence electrons. The molecule has 4 heterocycles. The molecule has 0 saturated carbocycles. The van der Waals surface area contributed by atoms with Crippen LogP contribution in [0.25, 0.3) is 16.3 Å². The van der Waals surface area contributed by atoms with Crippen molar-refractivity contribution in [2.24, 2.45) is 5.41 Å². The highest BCUT2D eigenvalue weighted by Crippen LogP contribution is 2.43. The van der Waals surface area contributed by atoms with Gasteiger partial charge in [-0.05, 0) is 48.6 Å². The lowest BCUT2D eigenvalue weighted by molar-refractivity contribution is -0.126. The molecule has 1 aromatic carbocycles. The van der Waals surface area contributed by atoms with Gasteiger partial charge >= 0.3 is 6.18 Å². The number of thiophene rings is 1. The molecule has 2 aromatic heterocycles. The molecule has 1 atom stereocenters. The van der Waals surface area contributed by atoms with Gasteiger partial charge < -0.3 is 4.90 Å². The van der Waals surface area contributed by atoms with Crippen LogP contribution in [0.4, 0.5) is 19.0 Å². The molecule has 8 heteroatoms. The summed E-state index contributed by atoms with van der Waals surface area (Å²) in [7, 11) is 0. The Bertz CT molecular complexity index is 1230. The third-order valence-electron chi connectivity index (χ3n) is 7.24. The average Bonchev–Trinajstić information content (AvgIpc) is 3.53. The van der Waals surface area contributed by atoms with Gasteiger partial charge in [-0.25, -0.2) is 9.97 Å². The zero-order valence-corrected chi connectivity index (χ0v) is 19.1. The number of fused-ring (bicyclic) bond motifs is 2. The number of likely N-dealkylation sites (tertiary alicyclic amines) is 1. The summed E-state index contributed by atoms with van der Waals surface area (Å²) >= 11 is 1.12. The van der Waals surface area contributed by atoms with E-state index < -0.39 is 12.6 Å². The predicted octanol–water partition coefficient (Wildman–Crippen LogP) is 5.47. The van der Waals surface area contributed by atoms with Crippen LogP contribution in [0.5, 0.6) is 0 Å². The van der Waals surface area contributed by atoms with Crippen LogP contribution in [0.15, 0.2) is 36.7 Å². The molecule has 0 amide bonds. The van der Waals surface area contributed by atoms with E-state index in [9.17, 15) is 13.2 Å². The maximum atomic E-state index is 12.9. The highest BCUT2D eigenvalue weighted by molar-refractivity contribution is 7.18. The number of hydrogen-bond acceptors (Lipinski definition) is 5. The molecule has 0 N–H and O–H groups in total. The summed E-state index contributed by atoms with van der Waals surface area (Å²) in [4.78, 5) is 14.5. The molecular weight excluding hydrogens is 445 g/mol. The summed E-state index contributed by atoms with van der Waals surface area (Å²) < 4.78 is 38.6. The molecule has 1 aliphatic carbocycles. The zero-order valence-electron chi connectivity index (χ0n) is 18.2. The van der Waals surface area contributed by atoms with E-state index in [-0.39, 0.29) is 5.41 Å². The summed E-state index contributed by atoms with van der Waals surface area (Å²) in [6.45, 7) is 4.87. The molecule has 2 aliphatic heterocycles. The smallest absolute Gasteiger partial charge is 0.355 e. The minimum absolute atomic E-state index is 0.221. The van der Waals surface area contributed by atoms with Gasteiger partial charge in [-0.3, -0.25) is 4.90 Å². The first-order chi connectivity index (χ1) is 15.9. The molecular formula is C25H25F3N4S. The topological polar surface area (TPSA) is 32.3 Å². The number of allylic oxidation sites excluding steroid dienone is 1. The molecule has 4 nitrogen and oxygen atoms in total. The molecule has 3 aliphatic rings. The predicted molar refractivity (Wildman–Crippen MR) is 126 cm³/mol. The zero-order chi connectivity index (χ0) is 22.6. The second kappa shape index (κ2) is 7.81. The highest BCUT2D eigenvalue weighted by Gasteiger charge is 2.44. The normalized spacial score (nSPS) is 22.8. The summed E-state index contributed by atoms with van der Waals surface area (Å²) in [6.07, 6.45) is 4.06. The van der Waals surface area contributed by atoms with Crippen molar-refractivity contribution in [1.29, 1.82) is 0 Å². The number of rotatable bonds is 4. The van der Waals surface area contributed by atoms with Gasteiger partial charge in [0.05, 0.1) is 11.8 Å². The number of anilines is 1. The van der Waals surface area contributed by atoms with E-state index >= 15 is 0 Å². The van der Waals surface area contributed by atoms with E-state index in [2.05, 4.69) is 50.1 Å². The molecule has 2 saturated heterocycles. The number of alkyl halides is 3. The van der Waals surface area contributed by atoms with Crippen molar-refractivity contribution in [3.63, 3.8) is 0 Å².